The summed E-state index contributed by atoms with van der Waals surface area (Å²) in [5, 5.41) is 0. The van der Waals surface area contributed by atoms with Crippen LogP contribution in [0.3, 0.4) is 0 Å². The summed E-state index contributed by atoms with van der Waals surface area (Å²) in [6.45, 7) is 0.306. The van der Waals surface area contributed by atoms with Crippen LogP contribution in [-0.4, -0.2) is 40.4 Å². The fraction of sp³-hybridized carbons (Fsp3) is 0.316. The number of ether oxygens (including phenoxy) is 1. The molecule has 2 aromatic rings. The molecule has 6 nitrogen and oxygen atoms in total. The summed E-state index contributed by atoms with van der Waals surface area (Å²) in [4.78, 5) is 12.0. The molecule has 0 spiro atoms. The summed E-state index contributed by atoms with van der Waals surface area (Å²) in [7, 11) is -8.45. The van der Waals surface area contributed by atoms with E-state index in [9.17, 15) is 21.6 Å². The molecule has 27 heavy (non-hydrogen) atoms. The normalized spacial score (nSPS) is 18.6. The molecular formula is C19H20O6S2. The van der Waals surface area contributed by atoms with Gasteiger partial charge in [0, 0.05) is 12.3 Å². The Morgan fingerprint density at radius 3 is 1.78 bits per heavy atom. The molecule has 2 aromatic carbocycles. The lowest BCUT2D eigenvalue weighted by Gasteiger charge is -2.25. The molecule has 0 aliphatic carbocycles. The van der Waals surface area contributed by atoms with Crippen molar-refractivity contribution in [1.29, 1.82) is 0 Å². The Kier molecular flexibility index (Phi) is 5.78. The maximum atomic E-state index is 13.2. The van der Waals surface area contributed by atoms with E-state index in [-0.39, 0.29) is 41.6 Å². The maximum absolute atomic E-state index is 13.2. The molecule has 0 radical (unpaired) electrons. The maximum Gasteiger partial charge on any atom is 0.195 e. The molecule has 1 heterocycles. The summed E-state index contributed by atoms with van der Waals surface area (Å²) in [6.07, 6.45) is -0.165. The molecule has 0 aromatic heterocycles. The van der Waals surface area contributed by atoms with Gasteiger partial charge in [0.15, 0.2) is 24.3 Å². The fourth-order valence-electron chi connectivity index (χ4n) is 3.07. The second-order valence-electron chi connectivity index (χ2n) is 6.37. The fourth-order valence-corrected chi connectivity index (χ4v) is 7.72. The Balaban J connectivity index is 2.08. The van der Waals surface area contributed by atoms with Gasteiger partial charge in [0.1, 0.15) is 5.78 Å². The molecule has 1 aliphatic rings. The van der Waals surface area contributed by atoms with E-state index in [0.717, 1.165) is 0 Å². The minimum absolute atomic E-state index is 0.0317. The van der Waals surface area contributed by atoms with Crippen molar-refractivity contribution in [3.8, 4) is 0 Å². The van der Waals surface area contributed by atoms with Crippen LogP contribution in [0.1, 0.15) is 12.8 Å². The highest BCUT2D eigenvalue weighted by Gasteiger charge is 2.43. The lowest BCUT2D eigenvalue weighted by molar-refractivity contribution is -0.130. The third-order valence-electron chi connectivity index (χ3n) is 4.58. The second kappa shape index (κ2) is 7.92. The number of rotatable bonds is 6. The molecule has 0 amide bonds. The van der Waals surface area contributed by atoms with E-state index in [1.165, 1.54) is 48.5 Å². The molecule has 0 saturated carbocycles. The highest BCUT2D eigenvalue weighted by Crippen LogP contribution is 2.31. The van der Waals surface area contributed by atoms with Crippen molar-refractivity contribution >= 4 is 25.5 Å². The van der Waals surface area contributed by atoms with Gasteiger partial charge in [-0.05, 0) is 30.7 Å². The van der Waals surface area contributed by atoms with Gasteiger partial charge in [0.2, 0.25) is 0 Å². The van der Waals surface area contributed by atoms with E-state index in [4.69, 9.17) is 4.74 Å². The number of carbonyl (C=O) groups is 1. The van der Waals surface area contributed by atoms with Gasteiger partial charge in [-0.2, -0.15) is 0 Å². The number of hydrogen-bond acceptors (Lipinski definition) is 6. The number of sulfone groups is 2. The zero-order valence-corrected chi connectivity index (χ0v) is 16.2. The van der Waals surface area contributed by atoms with Crippen LogP contribution in [0.2, 0.25) is 0 Å². The average Bonchev–Trinajstić information content (AvgIpc) is 2.68. The predicted octanol–water partition coefficient (Wildman–Crippen LogP) is 2.26. The van der Waals surface area contributed by atoms with E-state index in [0.29, 0.717) is 0 Å². The molecule has 3 rings (SSSR count). The van der Waals surface area contributed by atoms with Gasteiger partial charge < -0.3 is 4.74 Å². The molecule has 8 heteroatoms. The Labute approximate surface area is 159 Å². The van der Waals surface area contributed by atoms with Crippen LogP contribution >= 0.6 is 0 Å². The van der Waals surface area contributed by atoms with Crippen LogP contribution in [0.25, 0.3) is 0 Å². The van der Waals surface area contributed by atoms with Gasteiger partial charge >= 0.3 is 0 Å². The quantitative estimate of drug-likeness (QED) is 0.728. The Morgan fingerprint density at radius 2 is 1.33 bits per heavy atom. The van der Waals surface area contributed by atoms with Crippen molar-refractivity contribution in [1.82, 2.24) is 0 Å². The minimum Gasteiger partial charge on any atom is -0.380 e. The van der Waals surface area contributed by atoms with Crippen LogP contribution in [0, 0.1) is 5.92 Å². The molecule has 1 aliphatic heterocycles. The highest BCUT2D eigenvalue weighted by molar-refractivity contribution is 8.09. The highest BCUT2D eigenvalue weighted by atomic mass is 32.3. The average molecular weight is 408 g/mol. The number of hydrogen-bond donors (Lipinski definition) is 0. The third kappa shape index (κ3) is 4.12. The zero-order chi connectivity index (χ0) is 19.5. The first-order valence-electron chi connectivity index (χ1n) is 8.52. The molecule has 144 valence electrons. The third-order valence-corrected chi connectivity index (χ3v) is 9.73. The van der Waals surface area contributed by atoms with Crippen LogP contribution in [0.15, 0.2) is 70.5 Å². The van der Waals surface area contributed by atoms with Gasteiger partial charge in [-0.3, -0.25) is 4.79 Å². The smallest absolute Gasteiger partial charge is 0.195 e. The standard InChI is InChI=1S/C19H20O6S2/c20-18-11-12-25-14-15(18)13-19(26(21,22)16-7-3-1-4-8-16)27(23,24)17-9-5-2-6-10-17/h1-10,15,19H,11-14H2/t15-/m1/s1. The largest absolute Gasteiger partial charge is 0.380 e. The van der Waals surface area contributed by atoms with E-state index < -0.39 is 30.2 Å². The first-order chi connectivity index (χ1) is 12.8. The Morgan fingerprint density at radius 1 is 0.852 bits per heavy atom. The second-order valence-corrected chi connectivity index (χ2v) is 10.9. The number of benzene rings is 2. The summed E-state index contributed by atoms with van der Waals surface area (Å²) in [5.74, 6) is -0.932. The first-order valence-corrected chi connectivity index (χ1v) is 11.6. The van der Waals surface area contributed by atoms with Crippen molar-refractivity contribution < 1.29 is 26.4 Å². The lowest BCUT2D eigenvalue weighted by Crippen LogP contribution is -2.38. The van der Waals surface area contributed by atoms with Gasteiger partial charge in [-0.25, -0.2) is 16.8 Å². The van der Waals surface area contributed by atoms with Crippen molar-refractivity contribution in [2.75, 3.05) is 13.2 Å². The van der Waals surface area contributed by atoms with Crippen molar-refractivity contribution in [2.24, 2.45) is 5.92 Å². The van der Waals surface area contributed by atoms with Gasteiger partial charge in [0.25, 0.3) is 0 Å². The van der Waals surface area contributed by atoms with E-state index >= 15 is 0 Å². The molecule has 0 unspecified atom stereocenters. The monoisotopic (exact) mass is 408 g/mol. The van der Waals surface area contributed by atoms with E-state index in [1.54, 1.807) is 12.1 Å². The number of ketones is 1. The summed E-state index contributed by atoms with van der Waals surface area (Å²) in [6, 6.07) is 14.9. The van der Waals surface area contributed by atoms with Gasteiger partial charge in [-0.1, -0.05) is 36.4 Å². The van der Waals surface area contributed by atoms with E-state index in [2.05, 4.69) is 0 Å². The van der Waals surface area contributed by atoms with Crippen LogP contribution in [-0.2, 0) is 29.2 Å². The molecule has 1 atom stereocenters. The lowest BCUT2D eigenvalue weighted by atomic mass is 9.98. The molecular weight excluding hydrogens is 388 g/mol. The summed E-state index contributed by atoms with van der Waals surface area (Å²) in [5.41, 5.74) is 0. The number of carbonyl (C=O) groups excluding carboxylic acids is 1. The predicted molar refractivity (Wildman–Crippen MR) is 99.6 cm³/mol. The topological polar surface area (TPSA) is 94.6 Å². The van der Waals surface area contributed by atoms with Crippen molar-refractivity contribution in [2.45, 2.75) is 27.2 Å². The summed E-state index contributed by atoms with van der Waals surface area (Å²) < 4.78 is 56.3. The Hall–Kier alpha value is -2.03. The first kappa shape index (κ1) is 19.7. The number of Topliss-reactive ketones (excluding diaryl/α,β-unsaturated/α-hetero) is 1. The van der Waals surface area contributed by atoms with Crippen LogP contribution in [0.4, 0.5) is 0 Å². The van der Waals surface area contributed by atoms with Crippen LogP contribution in [0.5, 0.6) is 0 Å². The molecule has 0 N–H and O–H groups in total. The molecule has 1 fully saturated rings. The summed E-state index contributed by atoms with van der Waals surface area (Å²) >= 11 is 0. The van der Waals surface area contributed by atoms with Crippen molar-refractivity contribution in [3.63, 3.8) is 0 Å². The Bertz CT molecular complexity index is 929. The molecule has 0 bridgehead atoms. The molecule has 1 saturated heterocycles. The van der Waals surface area contributed by atoms with Gasteiger partial charge in [-0.15, -0.1) is 0 Å². The minimum atomic E-state index is -4.23. The zero-order valence-electron chi connectivity index (χ0n) is 14.5. The van der Waals surface area contributed by atoms with Gasteiger partial charge in [0.05, 0.1) is 23.0 Å². The SMILES string of the molecule is O=C1CCOC[C@H]1CC(S(=O)(=O)c1ccccc1)S(=O)(=O)c1ccccc1. The van der Waals surface area contributed by atoms with Crippen LogP contribution < -0.4 is 0 Å². The van der Waals surface area contributed by atoms with E-state index in [1.807, 2.05) is 0 Å². The van der Waals surface area contributed by atoms with Crippen molar-refractivity contribution in [3.05, 3.63) is 60.7 Å².